The van der Waals surface area contributed by atoms with Crippen molar-refractivity contribution in [3.8, 4) is 5.69 Å². The van der Waals surface area contributed by atoms with E-state index in [1.54, 1.807) is 0 Å². The van der Waals surface area contributed by atoms with Crippen molar-refractivity contribution in [1.29, 1.82) is 0 Å². The molecule has 3 rings (SSSR count). The summed E-state index contributed by atoms with van der Waals surface area (Å²) in [6, 6.07) is 18.5. The number of aromatic nitrogens is 1. The predicted octanol–water partition coefficient (Wildman–Crippen LogP) is 5.84. The molecule has 176 valence electrons. The second-order valence-electron chi connectivity index (χ2n) is 8.72. The number of carboxylic acids is 1. The largest absolute Gasteiger partial charge is 0.478 e. The van der Waals surface area contributed by atoms with E-state index in [1.165, 1.54) is 5.56 Å². The number of halogens is 1. The number of benzene rings is 2. The molecule has 5 nitrogen and oxygen atoms in total. The molecule has 0 spiro atoms. The molecule has 33 heavy (non-hydrogen) atoms. The molecule has 0 bridgehead atoms. The van der Waals surface area contributed by atoms with Crippen LogP contribution in [-0.4, -0.2) is 39.7 Å². The lowest BCUT2D eigenvalue weighted by Crippen LogP contribution is -2.33. The zero-order valence-electron chi connectivity index (χ0n) is 19.9. The third kappa shape index (κ3) is 6.26. The third-order valence-corrected chi connectivity index (χ3v) is 6.38. The van der Waals surface area contributed by atoms with E-state index in [1.807, 2.05) is 48.7 Å². The van der Waals surface area contributed by atoms with Gasteiger partial charge in [-0.05, 0) is 77.0 Å². The minimum absolute atomic E-state index is 0.378. The molecule has 0 aliphatic carbocycles. The maximum Gasteiger partial charge on any atom is 0.337 e. The average molecular weight is 468 g/mol. The van der Waals surface area contributed by atoms with Crippen LogP contribution in [0.5, 0.6) is 0 Å². The Morgan fingerprint density at radius 3 is 2.33 bits per heavy atom. The van der Waals surface area contributed by atoms with Crippen molar-refractivity contribution < 1.29 is 9.90 Å². The molecule has 3 aromatic rings. The van der Waals surface area contributed by atoms with Crippen molar-refractivity contribution >= 4 is 17.6 Å². The summed E-state index contributed by atoms with van der Waals surface area (Å²) in [4.78, 5) is 14.5. The van der Waals surface area contributed by atoms with Crippen molar-refractivity contribution in [1.82, 2.24) is 14.8 Å². The van der Waals surface area contributed by atoms with Crippen LogP contribution in [0.3, 0.4) is 0 Å². The Morgan fingerprint density at radius 2 is 1.73 bits per heavy atom. The zero-order valence-corrected chi connectivity index (χ0v) is 20.7. The standard InChI is InChI=1S/C27H34ClN3O2/c1-19(2)30(18-22-9-6-5-7-10-22)16-8-15-29-17-25-20(3)31(21(4)26(25)27(32)33)24-13-11-23(28)12-14-24/h5-7,9-14,19,29H,8,15-18H2,1-4H3,(H,32,33). The van der Waals surface area contributed by atoms with E-state index in [0.717, 1.165) is 48.7 Å². The Hall–Kier alpha value is -2.60. The lowest BCUT2D eigenvalue weighted by Gasteiger charge is -2.26. The Bertz CT molecular complexity index is 1060. The molecule has 0 saturated heterocycles. The fraction of sp³-hybridized carbons (Fsp3) is 0.370. The van der Waals surface area contributed by atoms with Gasteiger partial charge in [-0.15, -0.1) is 0 Å². The zero-order chi connectivity index (χ0) is 24.0. The molecule has 0 aliphatic rings. The molecule has 0 fully saturated rings. The van der Waals surface area contributed by atoms with E-state index in [4.69, 9.17) is 11.6 Å². The second kappa shape index (κ2) is 11.5. The maximum absolute atomic E-state index is 12.1. The number of aromatic carboxylic acids is 1. The van der Waals surface area contributed by atoms with Gasteiger partial charge in [-0.25, -0.2) is 4.79 Å². The minimum atomic E-state index is -0.894. The van der Waals surface area contributed by atoms with Crippen LogP contribution in [0.2, 0.25) is 5.02 Å². The molecular weight excluding hydrogens is 434 g/mol. The van der Waals surface area contributed by atoms with E-state index in [2.05, 4.69) is 48.3 Å². The van der Waals surface area contributed by atoms with Gasteiger partial charge >= 0.3 is 5.97 Å². The molecule has 0 amide bonds. The van der Waals surface area contributed by atoms with Crippen LogP contribution < -0.4 is 5.32 Å². The molecule has 1 aromatic heterocycles. The number of hydrogen-bond donors (Lipinski definition) is 2. The number of hydrogen-bond acceptors (Lipinski definition) is 3. The average Bonchev–Trinajstić information content (AvgIpc) is 3.03. The smallest absolute Gasteiger partial charge is 0.337 e. The number of nitrogens with zero attached hydrogens (tertiary/aromatic N) is 2. The molecule has 0 aliphatic heterocycles. The van der Waals surface area contributed by atoms with Crippen molar-refractivity contribution in [2.45, 2.75) is 53.2 Å². The first kappa shape index (κ1) is 25.0. The van der Waals surface area contributed by atoms with Crippen LogP contribution in [0.4, 0.5) is 0 Å². The monoisotopic (exact) mass is 467 g/mol. The van der Waals surface area contributed by atoms with Crippen LogP contribution in [0.1, 0.15) is 53.1 Å². The normalized spacial score (nSPS) is 11.5. The van der Waals surface area contributed by atoms with Crippen LogP contribution in [0.25, 0.3) is 5.69 Å². The van der Waals surface area contributed by atoms with E-state index in [0.29, 0.717) is 23.2 Å². The van der Waals surface area contributed by atoms with Crippen molar-refractivity contribution in [2.75, 3.05) is 13.1 Å². The first-order chi connectivity index (χ1) is 15.8. The Labute approximate surface area is 202 Å². The highest BCUT2D eigenvalue weighted by Crippen LogP contribution is 2.27. The van der Waals surface area contributed by atoms with Gasteiger partial charge in [0, 0.05) is 46.8 Å². The van der Waals surface area contributed by atoms with Gasteiger partial charge in [0.2, 0.25) is 0 Å². The Balaban J connectivity index is 1.64. The quantitative estimate of drug-likeness (QED) is 0.348. The lowest BCUT2D eigenvalue weighted by atomic mass is 10.1. The number of carbonyl (C=O) groups is 1. The van der Waals surface area contributed by atoms with Gasteiger partial charge in [0.05, 0.1) is 5.56 Å². The van der Waals surface area contributed by atoms with Crippen molar-refractivity contribution in [2.24, 2.45) is 0 Å². The summed E-state index contributed by atoms with van der Waals surface area (Å²) in [5.41, 5.74) is 5.11. The lowest BCUT2D eigenvalue weighted by molar-refractivity contribution is 0.0695. The highest BCUT2D eigenvalue weighted by Gasteiger charge is 2.23. The molecule has 6 heteroatoms. The summed E-state index contributed by atoms with van der Waals surface area (Å²) >= 11 is 6.03. The van der Waals surface area contributed by atoms with E-state index < -0.39 is 5.97 Å². The van der Waals surface area contributed by atoms with Gasteiger partial charge < -0.3 is 15.0 Å². The predicted molar refractivity (Wildman–Crippen MR) is 136 cm³/mol. The summed E-state index contributed by atoms with van der Waals surface area (Å²) < 4.78 is 2.00. The molecular formula is C27H34ClN3O2. The summed E-state index contributed by atoms with van der Waals surface area (Å²) in [5.74, 6) is -0.894. The van der Waals surface area contributed by atoms with Crippen molar-refractivity contribution in [3.63, 3.8) is 0 Å². The van der Waals surface area contributed by atoms with Gasteiger partial charge in [-0.1, -0.05) is 41.9 Å². The number of rotatable bonds is 11. The van der Waals surface area contributed by atoms with Crippen molar-refractivity contribution in [3.05, 3.63) is 87.7 Å². The topological polar surface area (TPSA) is 57.5 Å². The first-order valence-corrected chi connectivity index (χ1v) is 11.9. The molecule has 2 aromatic carbocycles. The van der Waals surface area contributed by atoms with E-state index in [9.17, 15) is 9.90 Å². The molecule has 0 radical (unpaired) electrons. The van der Waals surface area contributed by atoms with Crippen LogP contribution in [0, 0.1) is 13.8 Å². The Kier molecular flexibility index (Phi) is 8.73. The summed E-state index contributed by atoms with van der Waals surface area (Å²) in [6.07, 6.45) is 0.989. The summed E-state index contributed by atoms with van der Waals surface area (Å²) in [7, 11) is 0. The second-order valence-corrected chi connectivity index (χ2v) is 9.16. The number of carboxylic acid groups (broad SMARTS) is 1. The molecule has 1 heterocycles. The van der Waals surface area contributed by atoms with Crippen LogP contribution in [0.15, 0.2) is 54.6 Å². The summed E-state index contributed by atoms with van der Waals surface area (Å²) in [5, 5.41) is 14.0. The first-order valence-electron chi connectivity index (χ1n) is 11.5. The molecule has 0 unspecified atom stereocenters. The van der Waals surface area contributed by atoms with Gasteiger partial charge in [0.25, 0.3) is 0 Å². The maximum atomic E-state index is 12.1. The van der Waals surface area contributed by atoms with Gasteiger partial charge in [-0.2, -0.15) is 0 Å². The van der Waals surface area contributed by atoms with E-state index in [-0.39, 0.29) is 0 Å². The Morgan fingerprint density at radius 1 is 1.06 bits per heavy atom. The van der Waals surface area contributed by atoms with Gasteiger partial charge in [0.1, 0.15) is 0 Å². The molecule has 2 N–H and O–H groups in total. The van der Waals surface area contributed by atoms with Gasteiger partial charge in [0.15, 0.2) is 0 Å². The van der Waals surface area contributed by atoms with E-state index >= 15 is 0 Å². The minimum Gasteiger partial charge on any atom is -0.478 e. The fourth-order valence-electron chi connectivity index (χ4n) is 4.33. The third-order valence-electron chi connectivity index (χ3n) is 6.13. The highest BCUT2D eigenvalue weighted by molar-refractivity contribution is 6.30. The van der Waals surface area contributed by atoms with Crippen LogP contribution in [-0.2, 0) is 13.1 Å². The fourth-order valence-corrected chi connectivity index (χ4v) is 4.46. The SMILES string of the molecule is Cc1c(CNCCCN(Cc2ccccc2)C(C)C)c(C(=O)O)c(C)n1-c1ccc(Cl)cc1. The molecule has 0 saturated carbocycles. The summed E-state index contributed by atoms with van der Waals surface area (Å²) in [6.45, 7) is 11.5. The molecule has 0 atom stereocenters. The van der Waals surface area contributed by atoms with Crippen LogP contribution >= 0.6 is 11.6 Å². The number of nitrogens with one attached hydrogen (secondary N) is 1. The van der Waals surface area contributed by atoms with Gasteiger partial charge in [-0.3, -0.25) is 4.90 Å². The highest BCUT2D eigenvalue weighted by atomic mass is 35.5.